The van der Waals surface area contributed by atoms with Crippen molar-refractivity contribution in [3.8, 4) is 10.6 Å². The van der Waals surface area contributed by atoms with Gasteiger partial charge in [-0.2, -0.15) is 0 Å². The molecule has 0 fully saturated rings. The van der Waals surface area contributed by atoms with E-state index < -0.39 is 24.3 Å². The highest BCUT2D eigenvalue weighted by atomic mass is 32.1. The lowest BCUT2D eigenvalue weighted by atomic mass is 10.0. The molecule has 0 bridgehead atoms. The van der Waals surface area contributed by atoms with Gasteiger partial charge >= 0.3 is 5.97 Å². The van der Waals surface area contributed by atoms with Crippen molar-refractivity contribution < 1.29 is 18.7 Å². The summed E-state index contributed by atoms with van der Waals surface area (Å²) >= 11 is 1.45. The van der Waals surface area contributed by atoms with Crippen LogP contribution in [0.5, 0.6) is 0 Å². The highest BCUT2D eigenvalue weighted by molar-refractivity contribution is 7.13. The summed E-state index contributed by atoms with van der Waals surface area (Å²) in [4.78, 5) is 28.3. The number of hydrogen-bond acceptors (Lipinski definition) is 5. The van der Waals surface area contributed by atoms with Crippen LogP contribution in [0.1, 0.15) is 31.0 Å². The fraction of sp³-hybridized carbons (Fsp3) is 0.227. The number of carbonyl (C=O) groups is 2. The van der Waals surface area contributed by atoms with Crippen LogP contribution < -0.4 is 5.32 Å². The smallest absolute Gasteiger partial charge is 0.312 e. The molecule has 0 aliphatic rings. The highest BCUT2D eigenvalue weighted by Crippen LogP contribution is 2.26. The van der Waals surface area contributed by atoms with Gasteiger partial charge in [0.25, 0.3) is 5.91 Å². The molecule has 7 heteroatoms. The van der Waals surface area contributed by atoms with Gasteiger partial charge in [0.1, 0.15) is 10.8 Å². The molecule has 1 heterocycles. The second-order valence-corrected chi connectivity index (χ2v) is 7.64. The first-order valence-electron chi connectivity index (χ1n) is 9.17. The van der Waals surface area contributed by atoms with Crippen molar-refractivity contribution in [2.75, 3.05) is 11.9 Å². The number of ether oxygens (including phenoxy) is 1. The fourth-order valence-electron chi connectivity index (χ4n) is 2.63. The van der Waals surface area contributed by atoms with Crippen LogP contribution in [-0.2, 0) is 20.7 Å². The van der Waals surface area contributed by atoms with Crippen molar-refractivity contribution in [1.29, 1.82) is 0 Å². The molecule has 2 aromatic carbocycles. The van der Waals surface area contributed by atoms with Gasteiger partial charge in [0.15, 0.2) is 6.61 Å². The maximum atomic E-state index is 13.5. The molecule has 0 aliphatic carbocycles. The molecular formula is C22H21FN2O3S. The van der Waals surface area contributed by atoms with Crippen LogP contribution in [0.2, 0.25) is 0 Å². The number of halogens is 1. The van der Waals surface area contributed by atoms with Gasteiger partial charge in [-0.15, -0.1) is 11.3 Å². The second-order valence-electron chi connectivity index (χ2n) is 6.79. The second kappa shape index (κ2) is 9.43. The topological polar surface area (TPSA) is 68.3 Å². The maximum Gasteiger partial charge on any atom is 0.312 e. The Balaban J connectivity index is 1.51. The molecule has 0 radical (unpaired) electrons. The Morgan fingerprint density at radius 1 is 1.14 bits per heavy atom. The van der Waals surface area contributed by atoms with Gasteiger partial charge in [-0.1, -0.05) is 50.2 Å². The lowest BCUT2D eigenvalue weighted by molar-refractivity contribution is -0.146. The van der Waals surface area contributed by atoms with Gasteiger partial charge in [0.2, 0.25) is 0 Å². The van der Waals surface area contributed by atoms with E-state index in [1.807, 2.05) is 12.1 Å². The number of nitrogens with one attached hydrogen (secondary N) is 1. The van der Waals surface area contributed by atoms with Crippen molar-refractivity contribution >= 4 is 28.9 Å². The van der Waals surface area contributed by atoms with Crippen LogP contribution in [0.4, 0.5) is 10.1 Å². The monoisotopic (exact) mass is 412 g/mol. The van der Waals surface area contributed by atoms with E-state index in [4.69, 9.17) is 4.74 Å². The SMILES string of the molecule is CC(C)c1ccc(-c2nc(CC(=O)OCC(=O)Nc3ccccc3F)cs2)cc1. The Labute approximate surface area is 172 Å². The molecule has 0 atom stereocenters. The molecule has 3 rings (SSSR count). The minimum atomic E-state index is -0.604. The van der Waals surface area contributed by atoms with E-state index in [1.54, 1.807) is 11.4 Å². The van der Waals surface area contributed by atoms with E-state index in [1.165, 1.54) is 35.1 Å². The van der Waals surface area contributed by atoms with Gasteiger partial charge in [0.05, 0.1) is 17.8 Å². The minimum Gasteiger partial charge on any atom is -0.455 e. The molecule has 1 N–H and O–H groups in total. The number of anilines is 1. The van der Waals surface area contributed by atoms with E-state index in [9.17, 15) is 14.0 Å². The van der Waals surface area contributed by atoms with Crippen LogP contribution in [0.3, 0.4) is 0 Å². The largest absolute Gasteiger partial charge is 0.455 e. The lowest BCUT2D eigenvalue weighted by Gasteiger charge is -2.07. The Morgan fingerprint density at radius 3 is 2.55 bits per heavy atom. The molecule has 0 aliphatic heterocycles. The number of nitrogens with zero attached hydrogens (tertiary/aromatic N) is 1. The molecule has 0 saturated carbocycles. The summed E-state index contributed by atoms with van der Waals surface area (Å²) in [5.74, 6) is -1.27. The Bertz CT molecular complexity index is 999. The standard InChI is InChI=1S/C22H21FN2O3S/c1-14(2)15-7-9-16(10-8-15)22-24-17(13-29-22)11-21(27)28-12-20(26)25-19-6-4-3-5-18(19)23/h3-10,13-14H,11-12H2,1-2H3,(H,25,26). The number of amides is 1. The van der Waals surface area contributed by atoms with Crippen LogP contribution in [0.25, 0.3) is 10.6 Å². The summed E-state index contributed by atoms with van der Waals surface area (Å²) in [5, 5.41) is 4.98. The van der Waals surface area contributed by atoms with Crippen LogP contribution in [0, 0.1) is 5.82 Å². The average molecular weight is 412 g/mol. The number of para-hydroxylation sites is 1. The molecule has 150 valence electrons. The zero-order valence-corrected chi connectivity index (χ0v) is 17.0. The maximum absolute atomic E-state index is 13.5. The zero-order valence-electron chi connectivity index (χ0n) is 16.1. The predicted octanol–water partition coefficient (Wildman–Crippen LogP) is 4.80. The predicted molar refractivity (Wildman–Crippen MR) is 111 cm³/mol. The Hall–Kier alpha value is -3.06. The molecule has 0 saturated heterocycles. The van der Waals surface area contributed by atoms with Gasteiger partial charge in [-0.3, -0.25) is 9.59 Å². The third-order valence-corrected chi connectivity index (χ3v) is 5.15. The first-order valence-corrected chi connectivity index (χ1v) is 10.0. The molecular weight excluding hydrogens is 391 g/mol. The van der Waals surface area contributed by atoms with Gasteiger partial charge in [-0.25, -0.2) is 9.37 Å². The van der Waals surface area contributed by atoms with Crippen molar-refractivity contribution in [1.82, 2.24) is 4.98 Å². The number of thiazole rings is 1. The quantitative estimate of drug-likeness (QED) is 0.566. The first-order chi connectivity index (χ1) is 13.9. The van der Waals surface area contributed by atoms with Gasteiger partial charge in [0, 0.05) is 10.9 Å². The minimum absolute atomic E-state index is 0.0342. The lowest BCUT2D eigenvalue weighted by Crippen LogP contribution is -2.22. The van der Waals surface area contributed by atoms with Crippen LogP contribution in [0.15, 0.2) is 53.9 Å². The summed E-state index contributed by atoms with van der Waals surface area (Å²) in [7, 11) is 0. The van der Waals surface area contributed by atoms with Crippen molar-refractivity contribution in [2.24, 2.45) is 0 Å². The number of rotatable bonds is 7. The number of hydrogen-bond donors (Lipinski definition) is 1. The van der Waals surface area contributed by atoms with E-state index in [0.717, 1.165) is 10.6 Å². The third-order valence-electron chi connectivity index (χ3n) is 4.21. The van der Waals surface area contributed by atoms with E-state index in [0.29, 0.717) is 11.6 Å². The Kier molecular flexibility index (Phi) is 6.72. The number of benzene rings is 2. The molecule has 3 aromatic rings. The highest BCUT2D eigenvalue weighted by Gasteiger charge is 2.13. The molecule has 29 heavy (non-hydrogen) atoms. The summed E-state index contributed by atoms with van der Waals surface area (Å²) in [5.41, 5.74) is 2.87. The molecule has 0 spiro atoms. The van der Waals surface area contributed by atoms with E-state index >= 15 is 0 Å². The summed E-state index contributed by atoms with van der Waals surface area (Å²) in [6.45, 7) is 3.79. The molecule has 0 unspecified atom stereocenters. The summed E-state index contributed by atoms with van der Waals surface area (Å²) in [6, 6.07) is 14.0. The Morgan fingerprint density at radius 2 is 1.86 bits per heavy atom. The zero-order chi connectivity index (χ0) is 20.8. The van der Waals surface area contributed by atoms with Gasteiger partial charge in [-0.05, 0) is 23.6 Å². The molecule has 5 nitrogen and oxygen atoms in total. The molecule has 1 amide bonds. The fourth-order valence-corrected chi connectivity index (χ4v) is 3.45. The average Bonchev–Trinajstić information content (AvgIpc) is 3.16. The van der Waals surface area contributed by atoms with Gasteiger partial charge < -0.3 is 10.1 Å². The summed E-state index contributed by atoms with van der Waals surface area (Å²) < 4.78 is 18.5. The van der Waals surface area contributed by atoms with E-state index in [2.05, 4.69) is 36.3 Å². The van der Waals surface area contributed by atoms with Crippen molar-refractivity contribution in [2.45, 2.75) is 26.2 Å². The van der Waals surface area contributed by atoms with Crippen LogP contribution >= 0.6 is 11.3 Å². The third kappa shape index (κ3) is 5.71. The first kappa shape index (κ1) is 20.7. The number of aromatic nitrogens is 1. The number of carbonyl (C=O) groups excluding carboxylic acids is 2. The molecule has 1 aromatic heterocycles. The van der Waals surface area contributed by atoms with Crippen molar-refractivity contribution in [3.63, 3.8) is 0 Å². The van der Waals surface area contributed by atoms with Crippen LogP contribution in [-0.4, -0.2) is 23.5 Å². The van der Waals surface area contributed by atoms with Crippen molar-refractivity contribution in [3.05, 3.63) is 71.0 Å². The van der Waals surface area contributed by atoms with E-state index in [-0.39, 0.29) is 12.1 Å². The summed E-state index contributed by atoms with van der Waals surface area (Å²) in [6.07, 6.45) is -0.0342. The number of esters is 1. The normalized spacial score (nSPS) is 10.8.